The van der Waals surface area contributed by atoms with Crippen LogP contribution in [0.1, 0.15) is 25.7 Å². The molecule has 15 heteroatoms. The van der Waals surface area contributed by atoms with E-state index in [4.69, 9.17) is 9.47 Å². The Morgan fingerprint density at radius 3 is 2.49 bits per heavy atom. The number of ether oxygens (including phenoxy) is 2. The number of amides is 1. The van der Waals surface area contributed by atoms with Gasteiger partial charge in [0.2, 0.25) is 10.0 Å². The highest BCUT2D eigenvalue weighted by Crippen LogP contribution is 2.32. The number of benzene rings is 1. The van der Waals surface area contributed by atoms with E-state index in [1.165, 1.54) is 47.6 Å². The number of non-ortho nitro benzene ring substituents is 1. The minimum atomic E-state index is -3.98. The second-order valence-corrected chi connectivity index (χ2v) is 11.3. The van der Waals surface area contributed by atoms with Crippen LogP contribution in [0.5, 0.6) is 0 Å². The predicted octanol–water partition coefficient (Wildman–Crippen LogP) is 1.92. The second-order valence-electron chi connectivity index (χ2n) is 8.06. The second kappa shape index (κ2) is 10.3. The molecule has 0 radical (unpaired) electrons. The predicted molar refractivity (Wildman–Crippen MR) is 131 cm³/mol. The van der Waals surface area contributed by atoms with Crippen LogP contribution in [-0.2, 0) is 24.3 Å². The zero-order valence-corrected chi connectivity index (χ0v) is 21.4. The van der Waals surface area contributed by atoms with Crippen LogP contribution in [0.15, 0.2) is 35.2 Å². The fourth-order valence-corrected chi connectivity index (χ4v) is 6.44. The highest BCUT2D eigenvalue weighted by Gasteiger charge is 2.31. The minimum absolute atomic E-state index is 0.0206. The SMILES string of the molecule is COC(=O)c1c(C)sc2cc(C(=O)OCC(=O)N3CCN(S(=O)(=O)c4cccc([N+](=O)[O-])c4)CC3)[nH]c12. The summed E-state index contributed by atoms with van der Waals surface area (Å²) in [4.78, 5) is 52.1. The Kier molecular flexibility index (Phi) is 7.29. The number of methoxy groups -OCH3 is 1. The molecule has 0 unspecified atom stereocenters. The summed E-state index contributed by atoms with van der Waals surface area (Å²) in [5.74, 6) is -1.82. The lowest BCUT2D eigenvalue weighted by Gasteiger charge is -2.33. The fourth-order valence-electron chi connectivity index (χ4n) is 3.93. The molecule has 0 bridgehead atoms. The number of aromatic amines is 1. The molecule has 1 saturated heterocycles. The summed E-state index contributed by atoms with van der Waals surface area (Å²) in [5, 5.41) is 11.0. The average Bonchev–Trinajstić information content (AvgIpc) is 3.43. The number of nitro benzene ring substituents is 1. The molecule has 196 valence electrons. The van der Waals surface area contributed by atoms with E-state index in [9.17, 15) is 32.9 Å². The van der Waals surface area contributed by atoms with Crippen LogP contribution in [0.3, 0.4) is 0 Å². The standard InChI is InChI=1S/C22H22N4O9S2/c1-13-19(22(29)34-2)20-17(36-13)11-16(23-20)21(28)35-12-18(27)24-6-8-25(9-7-24)37(32,33)15-5-3-4-14(10-15)26(30)31/h3-5,10-11,23H,6-9,12H2,1-2H3. The third kappa shape index (κ3) is 5.19. The first kappa shape index (κ1) is 26.2. The van der Waals surface area contributed by atoms with Crippen molar-refractivity contribution in [3.63, 3.8) is 0 Å². The number of nitro groups is 1. The van der Waals surface area contributed by atoms with E-state index >= 15 is 0 Å². The van der Waals surface area contributed by atoms with Gasteiger partial charge in [-0.15, -0.1) is 11.3 Å². The van der Waals surface area contributed by atoms with Crippen LogP contribution in [0.4, 0.5) is 5.69 Å². The number of thiophene rings is 1. The van der Waals surface area contributed by atoms with E-state index in [-0.39, 0.29) is 42.5 Å². The van der Waals surface area contributed by atoms with Crippen LogP contribution >= 0.6 is 11.3 Å². The molecule has 1 aliphatic rings. The van der Waals surface area contributed by atoms with Crippen LogP contribution in [0, 0.1) is 17.0 Å². The minimum Gasteiger partial charge on any atom is -0.465 e. The molecule has 13 nitrogen and oxygen atoms in total. The first-order valence-corrected chi connectivity index (χ1v) is 13.2. The normalized spacial score (nSPS) is 14.5. The number of rotatable bonds is 7. The lowest BCUT2D eigenvalue weighted by atomic mass is 10.2. The van der Waals surface area contributed by atoms with Crippen molar-refractivity contribution < 1.29 is 37.2 Å². The van der Waals surface area contributed by atoms with E-state index in [0.717, 1.165) is 15.2 Å². The maximum Gasteiger partial charge on any atom is 0.355 e. The Morgan fingerprint density at radius 1 is 1.14 bits per heavy atom. The lowest BCUT2D eigenvalue weighted by molar-refractivity contribution is -0.385. The maximum absolute atomic E-state index is 12.9. The smallest absolute Gasteiger partial charge is 0.355 e. The zero-order chi connectivity index (χ0) is 26.9. The van der Waals surface area contributed by atoms with Gasteiger partial charge in [-0.2, -0.15) is 4.31 Å². The molecular weight excluding hydrogens is 528 g/mol. The van der Waals surface area contributed by atoms with E-state index in [2.05, 4.69) is 4.98 Å². The lowest BCUT2D eigenvalue weighted by Crippen LogP contribution is -2.51. The van der Waals surface area contributed by atoms with Crippen molar-refractivity contribution in [3.8, 4) is 0 Å². The fraction of sp³-hybridized carbons (Fsp3) is 0.318. The Hall–Kier alpha value is -3.82. The average molecular weight is 551 g/mol. The maximum atomic E-state index is 12.9. The zero-order valence-electron chi connectivity index (χ0n) is 19.8. The van der Waals surface area contributed by atoms with Gasteiger partial charge in [0, 0.05) is 43.2 Å². The van der Waals surface area contributed by atoms with Crippen molar-refractivity contribution in [1.29, 1.82) is 0 Å². The number of hydrogen-bond donors (Lipinski definition) is 1. The summed E-state index contributed by atoms with van der Waals surface area (Å²) in [6, 6.07) is 6.30. The van der Waals surface area contributed by atoms with Crippen molar-refractivity contribution in [3.05, 3.63) is 56.6 Å². The van der Waals surface area contributed by atoms with Crippen molar-refractivity contribution >= 4 is 55.1 Å². The van der Waals surface area contributed by atoms with Gasteiger partial charge in [0.1, 0.15) is 5.69 Å². The molecule has 4 rings (SSSR count). The van der Waals surface area contributed by atoms with Crippen molar-refractivity contribution in [2.24, 2.45) is 0 Å². The molecule has 3 aromatic rings. The van der Waals surface area contributed by atoms with Gasteiger partial charge in [-0.05, 0) is 19.1 Å². The number of nitrogens with one attached hydrogen (secondary N) is 1. The summed E-state index contributed by atoms with van der Waals surface area (Å²) in [6.45, 7) is 1.29. The molecule has 2 aromatic heterocycles. The molecule has 0 aliphatic carbocycles. The van der Waals surface area contributed by atoms with Crippen LogP contribution in [0.25, 0.3) is 10.2 Å². The van der Waals surface area contributed by atoms with Crippen molar-refractivity contribution in [2.75, 3.05) is 39.9 Å². The number of piperazine rings is 1. The highest BCUT2D eigenvalue weighted by atomic mass is 32.2. The molecule has 0 spiro atoms. The number of H-pyrrole nitrogens is 1. The number of hydrogen-bond acceptors (Lipinski definition) is 10. The van der Waals surface area contributed by atoms with Crippen LogP contribution in [-0.4, -0.2) is 85.3 Å². The topological polar surface area (TPSA) is 169 Å². The Morgan fingerprint density at radius 2 is 1.84 bits per heavy atom. The highest BCUT2D eigenvalue weighted by molar-refractivity contribution is 7.89. The number of carbonyl (C=O) groups is 3. The monoisotopic (exact) mass is 550 g/mol. The van der Waals surface area contributed by atoms with Gasteiger partial charge in [-0.3, -0.25) is 14.9 Å². The first-order valence-electron chi connectivity index (χ1n) is 10.9. The summed E-state index contributed by atoms with van der Waals surface area (Å²) in [5.41, 5.74) is 0.520. The molecule has 1 amide bonds. The van der Waals surface area contributed by atoms with E-state index < -0.39 is 39.4 Å². The van der Waals surface area contributed by atoms with Gasteiger partial charge >= 0.3 is 11.9 Å². The molecule has 1 aromatic carbocycles. The van der Waals surface area contributed by atoms with Crippen LogP contribution in [0.2, 0.25) is 0 Å². The molecule has 0 saturated carbocycles. The molecule has 0 atom stereocenters. The number of carbonyl (C=O) groups excluding carboxylic acids is 3. The first-order chi connectivity index (χ1) is 17.5. The van der Waals surface area contributed by atoms with Gasteiger partial charge in [-0.1, -0.05) is 6.07 Å². The molecule has 1 fully saturated rings. The third-order valence-electron chi connectivity index (χ3n) is 5.84. The number of sulfonamides is 1. The van der Waals surface area contributed by atoms with E-state index in [0.29, 0.717) is 15.8 Å². The molecule has 3 heterocycles. The molecule has 1 aliphatic heterocycles. The number of fused-ring (bicyclic) bond motifs is 1. The van der Waals surface area contributed by atoms with Gasteiger partial charge in [-0.25, -0.2) is 18.0 Å². The molecular formula is C22H22N4O9S2. The summed E-state index contributed by atoms with van der Waals surface area (Å²) in [6.07, 6.45) is 0. The van der Waals surface area contributed by atoms with Gasteiger partial charge in [0.25, 0.3) is 11.6 Å². The Balaban J connectivity index is 1.34. The van der Waals surface area contributed by atoms with Gasteiger partial charge < -0.3 is 19.4 Å². The quantitative estimate of drug-likeness (QED) is 0.262. The van der Waals surface area contributed by atoms with Crippen molar-refractivity contribution in [1.82, 2.24) is 14.2 Å². The number of aromatic nitrogens is 1. The number of esters is 2. The largest absolute Gasteiger partial charge is 0.465 e. The summed E-state index contributed by atoms with van der Waals surface area (Å²) >= 11 is 1.31. The summed E-state index contributed by atoms with van der Waals surface area (Å²) in [7, 11) is -2.72. The Labute approximate surface area is 214 Å². The third-order valence-corrected chi connectivity index (χ3v) is 8.79. The van der Waals surface area contributed by atoms with Crippen molar-refractivity contribution in [2.45, 2.75) is 11.8 Å². The van der Waals surface area contributed by atoms with Crippen LogP contribution < -0.4 is 0 Å². The summed E-state index contributed by atoms with van der Waals surface area (Å²) < 4.78 is 37.5. The Bertz CT molecular complexity index is 1500. The van der Waals surface area contributed by atoms with Gasteiger partial charge in [0.15, 0.2) is 6.61 Å². The molecule has 1 N–H and O–H groups in total. The number of nitrogens with zero attached hydrogens (tertiary/aromatic N) is 3. The number of aryl methyl sites for hydroxylation is 1. The van der Waals surface area contributed by atoms with E-state index in [1.54, 1.807) is 6.92 Å². The molecule has 37 heavy (non-hydrogen) atoms. The van der Waals surface area contributed by atoms with E-state index in [1.807, 2.05) is 0 Å². The van der Waals surface area contributed by atoms with Gasteiger partial charge in [0.05, 0.1) is 32.7 Å².